The second kappa shape index (κ2) is 8.05. The molecule has 1 saturated heterocycles. The van der Waals surface area contributed by atoms with E-state index in [2.05, 4.69) is 36.1 Å². The number of benzene rings is 2. The maximum Gasteiger partial charge on any atom is 0.255 e. The summed E-state index contributed by atoms with van der Waals surface area (Å²) in [7, 11) is 1.61. The lowest BCUT2D eigenvalue weighted by atomic mass is 9.78. The Balaban J connectivity index is 1.60. The van der Waals surface area contributed by atoms with E-state index in [-0.39, 0.29) is 18.7 Å². The van der Waals surface area contributed by atoms with Crippen molar-refractivity contribution in [3.63, 3.8) is 0 Å². The number of hydrogen-bond acceptors (Lipinski definition) is 5. The van der Waals surface area contributed by atoms with Crippen LogP contribution in [0.4, 0.5) is 0 Å². The van der Waals surface area contributed by atoms with Crippen molar-refractivity contribution >= 4 is 5.91 Å². The molecule has 6 heteroatoms. The molecule has 2 heterocycles. The third-order valence-electron chi connectivity index (χ3n) is 6.18. The van der Waals surface area contributed by atoms with Gasteiger partial charge in [0.15, 0.2) is 18.1 Å². The first-order valence-electron chi connectivity index (χ1n) is 10.1. The number of carbonyl (C=O) groups excluding carboxylic acids is 1. The van der Waals surface area contributed by atoms with Crippen molar-refractivity contribution in [2.75, 3.05) is 26.8 Å². The van der Waals surface area contributed by atoms with E-state index in [1.165, 1.54) is 22.3 Å². The number of primary amides is 1. The Bertz CT molecular complexity index is 914. The number of amides is 1. The van der Waals surface area contributed by atoms with Crippen LogP contribution < -0.4 is 20.9 Å². The van der Waals surface area contributed by atoms with Crippen molar-refractivity contribution in [1.82, 2.24) is 4.90 Å². The second-order valence-corrected chi connectivity index (χ2v) is 8.14. The number of nitrogens with two attached hydrogens (primary N) is 2. The minimum absolute atomic E-state index is 0.0979. The van der Waals surface area contributed by atoms with Crippen molar-refractivity contribution in [1.29, 1.82) is 0 Å². The Hall–Kier alpha value is -2.57. The summed E-state index contributed by atoms with van der Waals surface area (Å²) in [5, 5.41) is 0. The first-order valence-corrected chi connectivity index (χ1v) is 10.1. The molecule has 1 amide bonds. The number of fused-ring (bicyclic) bond motifs is 3. The first-order chi connectivity index (χ1) is 14.0. The number of rotatable bonds is 5. The lowest BCUT2D eigenvalue weighted by Crippen LogP contribution is -2.49. The van der Waals surface area contributed by atoms with Crippen molar-refractivity contribution in [2.24, 2.45) is 11.5 Å². The predicted molar refractivity (Wildman–Crippen MR) is 112 cm³/mol. The number of ether oxygens (including phenoxy) is 2. The summed E-state index contributed by atoms with van der Waals surface area (Å²) in [6.07, 6.45) is 1.83. The number of carbonyl (C=O) groups is 1. The summed E-state index contributed by atoms with van der Waals surface area (Å²) >= 11 is 0. The molecule has 0 saturated carbocycles. The average Bonchev–Trinajstić information content (AvgIpc) is 2.71. The quantitative estimate of drug-likeness (QED) is 0.811. The van der Waals surface area contributed by atoms with Gasteiger partial charge in [0.25, 0.3) is 5.91 Å². The van der Waals surface area contributed by atoms with E-state index in [4.69, 9.17) is 20.9 Å². The zero-order valence-corrected chi connectivity index (χ0v) is 17.1. The average molecular weight is 396 g/mol. The molecule has 3 atom stereocenters. The largest absolute Gasteiger partial charge is 0.493 e. The third-order valence-corrected chi connectivity index (χ3v) is 6.18. The summed E-state index contributed by atoms with van der Waals surface area (Å²) in [5.41, 5.74) is 17.0. The molecule has 0 radical (unpaired) electrons. The highest BCUT2D eigenvalue weighted by atomic mass is 16.5. The molecule has 0 aromatic heterocycles. The second-order valence-electron chi connectivity index (χ2n) is 8.14. The molecule has 2 aliphatic heterocycles. The van der Waals surface area contributed by atoms with E-state index in [0.29, 0.717) is 17.4 Å². The fourth-order valence-corrected chi connectivity index (χ4v) is 4.74. The van der Waals surface area contributed by atoms with E-state index < -0.39 is 5.91 Å². The standard InChI is InChI=1S/C23H29N3O3/c1-14-4-3-5-15(8-14)18-12-26-7-6-16-9-22(29-13-23(25)27)21(28-2)10-17(16)20(26)11-19(18)24/h3-5,8-10,18-20H,6-7,11-13,24H2,1-2H3,(H2,25,27). The van der Waals surface area contributed by atoms with E-state index >= 15 is 0 Å². The smallest absolute Gasteiger partial charge is 0.255 e. The van der Waals surface area contributed by atoms with Crippen molar-refractivity contribution < 1.29 is 14.3 Å². The maximum atomic E-state index is 11.1. The molecule has 29 heavy (non-hydrogen) atoms. The lowest BCUT2D eigenvalue weighted by Gasteiger charge is -2.46. The van der Waals surface area contributed by atoms with Gasteiger partial charge in [-0.25, -0.2) is 0 Å². The lowest BCUT2D eigenvalue weighted by molar-refractivity contribution is -0.119. The molecule has 2 aromatic rings. The van der Waals surface area contributed by atoms with Crippen LogP contribution in [-0.4, -0.2) is 43.7 Å². The Morgan fingerprint density at radius 3 is 2.79 bits per heavy atom. The van der Waals surface area contributed by atoms with Crippen LogP contribution in [0.25, 0.3) is 0 Å². The predicted octanol–water partition coefficient (Wildman–Crippen LogP) is 2.28. The normalized spacial score (nSPS) is 23.8. The SMILES string of the molecule is COc1cc2c(cc1OCC(N)=O)CCN1CC(c3cccc(C)c3)C(N)CC21. The summed E-state index contributed by atoms with van der Waals surface area (Å²) in [6, 6.07) is 13.1. The highest BCUT2D eigenvalue weighted by Gasteiger charge is 2.38. The molecule has 1 fully saturated rings. The highest BCUT2D eigenvalue weighted by Crippen LogP contribution is 2.44. The maximum absolute atomic E-state index is 11.1. The highest BCUT2D eigenvalue weighted by molar-refractivity contribution is 5.75. The van der Waals surface area contributed by atoms with Gasteiger partial charge in [-0.15, -0.1) is 0 Å². The van der Waals surface area contributed by atoms with Crippen LogP contribution in [0.15, 0.2) is 36.4 Å². The van der Waals surface area contributed by atoms with Gasteiger partial charge in [-0.3, -0.25) is 9.69 Å². The van der Waals surface area contributed by atoms with Crippen LogP contribution in [0.2, 0.25) is 0 Å². The first kappa shape index (κ1) is 19.7. The summed E-state index contributed by atoms with van der Waals surface area (Å²) in [5.74, 6) is 1.03. The van der Waals surface area contributed by atoms with Crippen LogP contribution in [0.5, 0.6) is 11.5 Å². The van der Waals surface area contributed by atoms with Gasteiger partial charge in [0.05, 0.1) is 7.11 Å². The van der Waals surface area contributed by atoms with Crippen LogP contribution in [0.3, 0.4) is 0 Å². The van der Waals surface area contributed by atoms with Gasteiger partial charge < -0.3 is 20.9 Å². The minimum atomic E-state index is -0.503. The van der Waals surface area contributed by atoms with Gasteiger partial charge in [0.1, 0.15) is 0 Å². The third kappa shape index (κ3) is 3.95. The van der Waals surface area contributed by atoms with Crippen LogP contribution in [0, 0.1) is 6.92 Å². The molecule has 3 unspecified atom stereocenters. The molecule has 2 aliphatic rings. The van der Waals surface area contributed by atoms with E-state index in [9.17, 15) is 4.79 Å². The Morgan fingerprint density at radius 1 is 1.24 bits per heavy atom. The number of piperidine rings is 1. The molecule has 2 aromatic carbocycles. The molecular formula is C23H29N3O3. The summed E-state index contributed by atoms with van der Waals surface area (Å²) < 4.78 is 11.1. The number of aryl methyl sites for hydroxylation is 1. The Morgan fingerprint density at radius 2 is 2.07 bits per heavy atom. The number of nitrogens with zero attached hydrogens (tertiary/aromatic N) is 1. The van der Waals surface area contributed by atoms with Crippen LogP contribution in [0.1, 0.15) is 40.6 Å². The van der Waals surface area contributed by atoms with Gasteiger partial charge >= 0.3 is 0 Å². The minimum Gasteiger partial charge on any atom is -0.493 e. The van der Waals surface area contributed by atoms with Gasteiger partial charge in [-0.05, 0) is 48.6 Å². The van der Waals surface area contributed by atoms with E-state index in [1.807, 2.05) is 12.1 Å². The van der Waals surface area contributed by atoms with Gasteiger partial charge in [0, 0.05) is 31.1 Å². The molecule has 6 nitrogen and oxygen atoms in total. The molecule has 0 aliphatic carbocycles. The number of methoxy groups -OCH3 is 1. The van der Waals surface area contributed by atoms with Crippen molar-refractivity contribution in [3.8, 4) is 11.5 Å². The fraction of sp³-hybridized carbons (Fsp3) is 0.435. The molecule has 4 N–H and O–H groups in total. The molecule has 0 bridgehead atoms. The van der Waals surface area contributed by atoms with Gasteiger partial charge in [-0.2, -0.15) is 0 Å². The fourth-order valence-electron chi connectivity index (χ4n) is 4.74. The Labute approximate surface area is 171 Å². The van der Waals surface area contributed by atoms with Crippen LogP contribution in [-0.2, 0) is 11.2 Å². The zero-order chi connectivity index (χ0) is 20.5. The molecule has 4 rings (SSSR count). The molecule has 0 spiro atoms. The Kier molecular flexibility index (Phi) is 5.48. The van der Waals surface area contributed by atoms with Crippen molar-refractivity contribution in [3.05, 3.63) is 58.7 Å². The van der Waals surface area contributed by atoms with Crippen LogP contribution >= 0.6 is 0 Å². The summed E-state index contributed by atoms with van der Waals surface area (Å²) in [4.78, 5) is 13.6. The zero-order valence-electron chi connectivity index (χ0n) is 17.1. The topological polar surface area (TPSA) is 90.8 Å². The summed E-state index contributed by atoms with van der Waals surface area (Å²) in [6.45, 7) is 3.90. The van der Waals surface area contributed by atoms with E-state index in [1.54, 1.807) is 7.11 Å². The number of hydrogen-bond donors (Lipinski definition) is 2. The monoisotopic (exact) mass is 395 g/mol. The van der Waals surface area contributed by atoms with Crippen molar-refractivity contribution in [2.45, 2.75) is 37.8 Å². The molecule has 154 valence electrons. The van der Waals surface area contributed by atoms with Gasteiger partial charge in [-0.1, -0.05) is 29.8 Å². The molecular weight excluding hydrogens is 366 g/mol. The van der Waals surface area contributed by atoms with Gasteiger partial charge in [0.2, 0.25) is 0 Å². The van der Waals surface area contributed by atoms with E-state index in [0.717, 1.165) is 25.9 Å².